The number of benzene rings is 2. The molecule has 1 aliphatic rings. The monoisotopic (exact) mass is 402 g/mol. The number of carbonyl (C=O) groups is 2. The number of nitriles is 1. The number of anilines is 1. The van der Waals surface area contributed by atoms with E-state index in [2.05, 4.69) is 5.32 Å². The normalized spacial score (nSPS) is 11.9. The molecule has 0 bridgehead atoms. The second-order valence-electron chi connectivity index (χ2n) is 5.63. The number of rotatable bonds is 5. The number of nitrogens with zero attached hydrogens (tertiary/aromatic N) is 1. The molecule has 0 aromatic heterocycles. The molecule has 0 aliphatic carbocycles. The molecule has 0 saturated heterocycles. The molecule has 2 aromatic carbocycles. The molecule has 0 saturated carbocycles. The Balaban J connectivity index is 1.63. The molecule has 1 heterocycles. The lowest BCUT2D eigenvalue weighted by atomic mass is 10.1. The molecule has 28 heavy (non-hydrogen) atoms. The van der Waals surface area contributed by atoms with Crippen LogP contribution in [0.2, 0.25) is 5.02 Å². The van der Waals surface area contributed by atoms with E-state index in [9.17, 15) is 9.59 Å². The number of hydrogen-bond acceptors (Lipinski definition) is 7. The number of carbonyl (C=O) groups excluding carboxylic acids is 2. The van der Waals surface area contributed by atoms with Crippen molar-refractivity contribution in [1.29, 1.82) is 5.26 Å². The van der Waals surface area contributed by atoms with Gasteiger partial charge in [0.25, 0.3) is 5.91 Å². The van der Waals surface area contributed by atoms with Gasteiger partial charge in [-0.3, -0.25) is 4.79 Å². The minimum Gasteiger partial charge on any atom is -0.493 e. The predicted molar refractivity (Wildman–Crippen MR) is 99.1 cm³/mol. The lowest BCUT2D eigenvalue weighted by molar-refractivity contribution is -0.119. The molecule has 0 radical (unpaired) electrons. The van der Waals surface area contributed by atoms with Crippen molar-refractivity contribution >= 4 is 29.2 Å². The molecule has 2 aromatic rings. The van der Waals surface area contributed by atoms with Crippen LogP contribution >= 0.6 is 11.6 Å². The molecule has 0 fully saturated rings. The summed E-state index contributed by atoms with van der Waals surface area (Å²) in [5.74, 6) is -0.155. The van der Waals surface area contributed by atoms with Crippen LogP contribution in [0.4, 0.5) is 5.69 Å². The van der Waals surface area contributed by atoms with Crippen molar-refractivity contribution in [3.63, 3.8) is 0 Å². The van der Waals surface area contributed by atoms with Crippen LogP contribution in [0.5, 0.6) is 17.2 Å². The van der Waals surface area contributed by atoms with Crippen LogP contribution in [-0.2, 0) is 9.53 Å². The maximum Gasteiger partial charge on any atom is 0.338 e. The zero-order valence-corrected chi connectivity index (χ0v) is 15.5. The summed E-state index contributed by atoms with van der Waals surface area (Å²) < 4.78 is 21.2. The number of fused-ring (bicyclic) bond motifs is 1. The molecule has 1 N–H and O–H groups in total. The highest BCUT2D eigenvalue weighted by Crippen LogP contribution is 2.40. The van der Waals surface area contributed by atoms with Gasteiger partial charge in [0.15, 0.2) is 18.1 Å². The van der Waals surface area contributed by atoms with Gasteiger partial charge in [-0.05, 0) is 30.3 Å². The van der Waals surface area contributed by atoms with Crippen molar-refractivity contribution in [1.82, 2.24) is 0 Å². The number of amides is 1. The molecular weight excluding hydrogens is 388 g/mol. The number of methoxy groups -OCH3 is 1. The standard InChI is InChI=1S/C19H15ClN2O6/c1-25-15-6-12(7-16-18(15)27-5-4-26-16)19(24)28-10-17(23)22-13-3-2-11(9-21)14(20)8-13/h2-3,6-8H,4-5,10H2,1H3,(H,22,23). The highest BCUT2D eigenvalue weighted by atomic mass is 35.5. The SMILES string of the molecule is COc1cc(C(=O)OCC(=O)Nc2ccc(C#N)c(Cl)c2)cc2c1OCCO2. The van der Waals surface area contributed by atoms with Gasteiger partial charge in [0.2, 0.25) is 5.75 Å². The van der Waals surface area contributed by atoms with Gasteiger partial charge in [0, 0.05) is 5.69 Å². The van der Waals surface area contributed by atoms with Gasteiger partial charge in [-0.15, -0.1) is 0 Å². The first-order valence-electron chi connectivity index (χ1n) is 8.16. The maximum atomic E-state index is 12.3. The largest absolute Gasteiger partial charge is 0.493 e. The Labute approximate surface area is 165 Å². The third-order valence-corrected chi connectivity index (χ3v) is 4.08. The zero-order valence-electron chi connectivity index (χ0n) is 14.8. The van der Waals surface area contributed by atoms with Gasteiger partial charge in [0.05, 0.1) is 23.3 Å². The fourth-order valence-corrected chi connectivity index (χ4v) is 2.71. The van der Waals surface area contributed by atoms with Crippen molar-refractivity contribution in [2.75, 3.05) is 32.2 Å². The fraction of sp³-hybridized carbons (Fsp3) is 0.211. The van der Waals surface area contributed by atoms with E-state index in [4.69, 9.17) is 35.8 Å². The van der Waals surface area contributed by atoms with E-state index in [0.29, 0.717) is 41.7 Å². The summed E-state index contributed by atoms with van der Waals surface area (Å²) >= 11 is 5.91. The highest BCUT2D eigenvalue weighted by Gasteiger charge is 2.22. The van der Waals surface area contributed by atoms with E-state index in [1.807, 2.05) is 6.07 Å². The van der Waals surface area contributed by atoms with Crippen LogP contribution in [0.1, 0.15) is 15.9 Å². The highest BCUT2D eigenvalue weighted by molar-refractivity contribution is 6.32. The van der Waals surface area contributed by atoms with Gasteiger partial charge < -0.3 is 24.3 Å². The van der Waals surface area contributed by atoms with Crippen LogP contribution in [0.25, 0.3) is 0 Å². The number of halogens is 1. The van der Waals surface area contributed by atoms with E-state index >= 15 is 0 Å². The van der Waals surface area contributed by atoms with Gasteiger partial charge in [-0.2, -0.15) is 5.26 Å². The average molecular weight is 403 g/mol. The fourth-order valence-electron chi connectivity index (χ4n) is 2.49. The molecule has 0 spiro atoms. The van der Waals surface area contributed by atoms with Gasteiger partial charge >= 0.3 is 5.97 Å². The summed E-state index contributed by atoms with van der Waals surface area (Å²) in [6, 6.07) is 9.28. The Bertz CT molecular complexity index is 952. The first-order valence-corrected chi connectivity index (χ1v) is 8.54. The van der Waals surface area contributed by atoms with E-state index in [0.717, 1.165) is 0 Å². The van der Waals surface area contributed by atoms with E-state index in [1.54, 1.807) is 0 Å². The number of hydrogen-bond donors (Lipinski definition) is 1. The lowest BCUT2D eigenvalue weighted by Gasteiger charge is -2.21. The lowest BCUT2D eigenvalue weighted by Crippen LogP contribution is -2.21. The summed E-state index contributed by atoms with van der Waals surface area (Å²) in [5, 5.41) is 11.6. The first kappa shape index (κ1) is 19.3. The molecule has 9 heteroatoms. The number of esters is 1. The summed E-state index contributed by atoms with van der Waals surface area (Å²) in [4.78, 5) is 24.3. The topological polar surface area (TPSA) is 107 Å². The van der Waals surface area contributed by atoms with Crippen LogP contribution < -0.4 is 19.5 Å². The maximum absolute atomic E-state index is 12.3. The van der Waals surface area contributed by atoms with E-state index < -0.39 is 18.5 Å². The van der Waals surface area contributed by atoms with Crippen molar-refractivity contribution in [3.05, 3.63) is 46.5 Å². The smallest absolute Gasteiger partial charge is 0.338 e. The van der Waals surface area contributed by atoms with Crippen molar-refractivity contribution in [3.8, 4) is 23.3 Å². The third-order valence-electron chi connectivity index (χ3n) is 3.77. The Morgan fingerprint density at radius 2 is 2.04 bits per heavy atom. The van der Waals surface area contributed by atoms with Crippen LogP contribution in [-0.4, -0.2) is 38.8 Å². The molecule has 0 atom stereocenters. The second kappa shape index (κ2) is 8.50. The average Bonchev–Trinajstić information content (AvgIpc) is 2.71. The molecule has 0 unspecified atom stereocenters. The van der Waals surface area contributed by atoms with Gasteiger partial charge in [-0.25, -0.2) is 4.79 Å². The summed E-state index contributed by atoms with van der Waals surface area (Å²) in [6.45, 7) is 0.226. The Morgan fingerprint density at radius 3 is 2.75 bits per heavy atom. The van der Waals surface area contributed by atoms with Gasteiger partial charge in [0.1, 0.15) is 19.3 Å². The van der Waals surface area contributed by atoms with Crippen LogP contribution in [0.15, 0.2) is 30.3 Å². The zero-order chi connectivity index (χ0) is 20.1. The van der Waals surface area contributed by atoms with Crippen molar-refractivity contribution < 1.29 is 28.5 Å². The summed E-state index contributed by atoms with van der Waals surface area (Å²) in [5.41, 5.74) is 0.833. The minimum atomic E-state index is -0.719. The van der Waals surface area contributed by atoms with Crippen molar-refractivity contribution in [2.45, 2.75) is 0 Å². The molecule has 1 amide bonds. The van der Waals surface area contributed by atoms with E-state index in [-0.39, 0.29) is 10.6 Å². The second-order valence-corrected chi connectivity index (χ2v) is 6.04. The molecule has 144 valence electrons. The molecule has 8 nitrogen and oxygen atoms in total. The molecule has 3 rings (SSSR count). The Hall–Kier alpha value is -3.44. The third kappa shape index (κ3) is 4.27. The number of ether oxygens (including phenoxy) is 4. The quantitative estimate of drug-likeness (QED) is 0.766. The molecule has 1 aliphatic heterocycles. The van der Waals surface area contributed by atoms with Crippen molar-refractivity contribution in [2.24, 2.45) is 0 Å². The Morgan fingerprint density at radius 1 is 1.25 bits per heavy atom. The molecular formula is C19H15ClN2O6. The number of nitrogens with one attached hydrogen (secondary N) is 1. The summed E-state index contributed by atoms with van der Waals surface area (Å²) in [7, 11) is 1.44. The predicted octanol–water partition coefficient (Wildman–Crippen LogP) is 2.79. The minimum absolute atomic E-state index is 0.162. The first-order chi connectivity index (χ1) is 13.5. The Kier molecular flexibility index (Phi) is 5.87. The van der Waals surface area contributed by atoms with Gasteiger partial charge in [-0.1, -0.05) is 11.6 Å². The van der Waals surface area contributed by atoms with Crippen LogP contribution in [0.3, 0.4) is 0 Å². The van der Waals surface area contributed by atoms with Crippen LogP contribution in [0, 0.1) is 11.3 Å². The van der Waals surface area contributed by atoms with E-state index in [1.165, 1.54) is 37.4 Å². The summed E-state index contributed by atoms with van der Waals surface area (Å²) in [6.07, 6.45) is 0.